The van der Waals surface area contributed by atoms with Gasteiger partial charge in [-0.25, -0.2) is 8.42 Å². The van der Waals surface area contributed by atoms with Crippen LogP contribution in [0.5, 0.6) is 5.75 Å². The Hall–Kier alpha value is -1.67. The van der Waals surface area contributed by atoms with Crippen molar-refractivity contribution >= 4 is 15.9 Å². The summed E-state index contributed by atoms with van der Waals surface area (Å²) in [6.45, 7) is 0.862. The summed E-state index contributed by atoms with van der Waals surface area (Å²) in [5.41, 5.74) is 2.42. The van der Waals surface area contributed by atoms with E-state index in [0.29, 0.717) is 12.8 Å². The van der Waals surface area contributed by atoms with Gasteiger partial charge in [-0.05, 0) is 48.6 Å². The monoisotopic (exact) mass is 368 g/mol. The van der Waals surface area contributed by atoms with Gasteiger partial charge in [0.05, 0.1) is 25.1 Å². The minimum atomic E-state index is -3.57. The Morgan fingerprint density at radius 1 is 1.28 bits per heavy atom. The number of aliphatic hydroxyl groups is 3. The van der Waals surface area contributed by atoms with Crippen molar-refractivity contribution in [1.82, 2.24) is 0 Å². The lowest BCUT2D eigenvalue weighted by molar-refractivity contribution is 0.186. The molecule has 1 aliphatic rings. The van der Waals surface area contributed by atoms with Crippen LogP contribution in [0, 0.1) is 0 Å². The van der Waals surface area contributed by atoms with Crippen molar-refractivity contribution in [2.75, 3.05) is 19.0 Å². The van der Waals surface area contributed by atoms with Crippen LogP contribution in [0.4, 0.5) is 0 Å². The number of sulfone groups is 1. The van der Waals surface area contributed by atoms with E-state index in [9.17, 15) is 28.8 Å². The Morgan fingerprint density at radius 2 is 1.92 bits per heavy atom. The van der Waals surface area contributed by atoms with E-state index in [4.69, 9.17) is 0 Å². The largest absolute Gasteiger partial charge is 0.508 e. The van der Waals surface area contributed by atoms with E-state index < -0.39 is 34.4 Å². The van der Waals surface area contributed by atoms with E-state index in [1.54, 1.807) is 24.3 Å². The molecule has 0 bridgehead atoms. The molecule has 0 amide bonds. The Balaban J connectivity index is 2.08. The van der Waals surface area contributed by atoms with Crippen LogP contribution < -0.4 is 0 Å². The van der Waals surface area contributed by atoms with Crippen LogP contribution in [0.25, 0.3) is 6.08 Å². The molecule has 1 aromatic rings. The van der Waals surface area contributed by atoms with Gasteiger partial charge in [-0.3, -0.25) is 0 Å². The van der Waals surface area contributed by atoms with Crippen molar-refractivity contribution in [3.8, 4) is 5.75 Å². The highest BCUT2D eigenvalue weighted by Gasteiger charge is 2.40. The second-order valence-corrected chi connectivity index (χ2v) is 8.52. The first-order valence-corrected chi connectivity index (χ1v) is 9.79. The Labute approximate surface area is 147 Å². The van der Waals surface area contributed by atoms with Crippen LogP contribution in [-0.2, 0) is 9.84 Å². The normalized spacial score (nSPS) is 21.6. The van der Waals surface area contributed by atoms with Crippen LogP contribution >= 0.6 is 0 Å². The molecule has 0 aromatic heterocycles. The van der Waals surface area contributed by atoms with Gasteiger partial charge in [0, 0.05) is 0 Å². The lowest BCUT2D eigenvalue weighted by Gasteiger charge is -2.19. The first-order chi connectivity index (χ1) is 11.8. The van der Waals surface area contributed by atoms with Gasteiger partial charge in [0.1, 0.15) is 11.0 Å². The van der Waals surface area contributed by atoms with E-state index in [1.165, 1.54) is 0 Å². The molecule has 0 radical (unpaired) electrons. The standard InChI is InChI=1S/C18H24O6S/c1-12(8-13-3-5-15(21)6-4-13)2-7-16(22)18-14(9-19)11-25(23,24)17(18)10-20/h3-6,8,16-17,19-22H,2,7,9-11H2,1H3/b12-8+/t16-,17+/m1/s1. The average molecular weight is 368 g/mol. The Morgan fingerprint density at radius 3 is 2.48 bits per heavy atom. The number of hydrogen-bond acceptors (Lipinski definition) is 6. The van der Waals surface area contributed by atoms with Crippen molar-refractivity contribution < 1.29 is 28.8 Å². The van der Waals surface area contributed by atoms with Crippen LogP contribution in [0.3, 0.4) is 0 Å². The minimum Gasteiger partial charge on any atom is -0.508 e. The Kier molecular flexibility index (Phi) is 6.40. The summed E-state index contributed by atoms with van der Waals surface area (Å²) < 4.78 is 24.1. The van der Waals surface area contributed by atoms with Gasteiger partial charge in [0.2, 0.25) is 0 Å². The molecule has 0 saturated heterocycles. The van der Waals surface area contributed by atoms with Crippen molar-refractivity contribution in [3.05, 3.63) is 46.5 Å². The molecule has 138 valence electrons. The summed E-state index contributed by atoms with van der Waals surface area (Å²) in [7, 11) is -3.57. The van der Waals surface area contributed by atoms with Gasteiger partial charge in [-0.1, -0.05) is 23.8 Å². The molecule has 0 fully saturated rings. The highest BCUT2D eigenvalue weighted by Crippen LogP contribution is 2.31. The fraction of sp³-hybridized carbons (Fsp3) is 0.444. The third-order valence-electron chi connectivity index (χ3n) is 4.40. The molecule has 4 N–H and O–H groups in total. The van der Waals surface area contributed by atoms with Crippen LogP contribution in [0.2, 0.25) is 0 Å². The summed E-state index contributed by atoms with van der Waals surface area (Å²) in [6, 6.07) is 6.71. The quantitative estimate of drug-likeness (QED) is 0.534. The van der Waals surface area contributed by atoms with Crippen LogP contribution in [0.1, 0.15) is 25.3 Å². The van der Waals surface area contributed by atoms with Gasteiger partial charge >= 0.3 is 0 Å². The molecular weight excluding hydrogens is 344 g/mol. The predicted octanol–water partition coefficient (Wildman–Crippen LogP) is 1.01. The first kappa shape index (κ1) is 19.7. The summed E-state index contributed by atoms with van der Waals surface area (Å²) in [5, 5.41) is 37.3. The molecule has 6 nitrogen and oxygen atoms in total. The van der Waals surface area contributed by atoms with Gasteiger partial charge in [0.15, 0.2) is 9.84 Å². The molecule has 0 aliphatic carbocycles. The number of allylic oxidation sites excluding steroid dienone is 1. The summed E-state index contributed by atoms with van der Waals surface area (Å²) in [5.74, 6) is -0.130. The van der Waals surface area contributed by atoms with E-state index in [2.05, 4.69) is 0 Å². The highest BCUT2D eigenvalue weighted by atomic mass is 32.2. The maximum absolute atomic E-state index is 12.0. The first-order valence-electron chi connectivity index (χ1n) is 8.08. The molecule has 1 aliphatic heterocycles. The third kappa shape index (κ3) is 4.70. The molecule has 0 unspecified atom stereocenters. The number of phenolic OH excluding ortho intramolecular Hbond substituents is 1. The molecule has 1 aromatic carbocycles. The summed E-state index contributed by atoms with van der Waals surface area (Å²) >= 11 is 0. The average Bonchev–Trinajstić information content (AvgIpc) is 2.84. The minimum absolute atomic E-state index is 0.186. The van der Waals surface area contributed by atoms with Crippen molar-refractivity contribution in [3.63, 3.8) is 0 Å². The smallest absolute Gasteiger partial charge is 0.163 e. The number of aliphatic hydroxyl groups excluding tert-OH is 3. The van der Waals surface area contributed by atoms with Gasteiger partial charge in [-0.2, -0.15) is 0 Å². The lowest BCUT2D eigenvalue weighted by Crippen LogP contribution is -2.29. The fourth-order valence-electron chi connectivity index (χ4n) is 3.09. The molecular formula is C18H24O6S. The van der Waals surface area contributed by atoms with Crippen molar-refractivity contribution in [2.45, 2.75) is 31.1 Å². The highest BCUT2D eigenvalue weighted by molar-refractivity contribution is 7.92. The van der Waals surface area contributed by atoms with Crippen LogP contribution in [0.15, 0.2) is 41.0 Å². The van der Waals surface area contributed by atoms with Crippen molar-refractivity contribution in [1.29, 1.82) is 0 Å². The number of phenols is 1. The second-order valence-electron chi connectivity index (χ2n) is 6.33. The number of hydrogen-bond donors (Lipinski definition) is 4. The maximum Gasteiger partial charge on any atom is 0.163 e. The topological polar surface area (TPSA) is 115 Å². The Bertz CT molecular complexity index is 761. The molecule has 1 heterocycles. The molecule has 7 heteroatoms. The molecule has 2 rings (SSSR count). The van der Waals surface area contributed by atoms with Crippen LogP contribution in [-0.4, -0.2) is 59.2 Å². The number of aromatic hydroxyl groups is 1. The van der Waals surface area contributed by atoms with Gasteiger partial charge in [0.25, 0.3) is 0 Å². The second kappa shape index (κ2) is 8.14. The SMILES string of the molecule is C/C(=C\c1ccc(O)cc1)CC[C@@H](O)C1=C(CO)CS(=O)(=O)[C@H]1CO. The van der Waals surface area contributed by atoms with Gasteiger partial charge < -0.3 is 20.4 Å². The molecule has 2 atom stereocenters. The maximum atomic E-state index is 12.0. The van der Waals surface area contributed by atoms with E-state index in [0.717, 1.165) is 11.1 Å². The number of benzene rings is 1. The van der Waals surface area contributed by atoms with E-state index >= 15 is 0 Å². The van der Waals surface area contributed by atoms with E-state index in [1.807, 2.05) is 13.0 Å². The number of rotatable bonds is 7. The molecule has 0 saturated carbocycles. The van der Waals surface area contributed by atoms with Gasteiger partial charge in [-0.15, -0.1) is 0 Å². The summed E-state index contributed by atoms with van der Waals surface area (Å²) in [4.78, 5) is 0. The molecule has 25 heavy (non-hydrogen) atoms. The fourth-order valence-corrected chi connectivity index (χ4v) is 4.98. The zero-order valence-corrected chi connectivity index (χ0v) is 14.9. The van der Waals surface area contributed by atoms with Crippen molar-refractivity contribution in [2.24, 2.45) is 0 Å². The molecule has 0 spiro atoms. The summed E-state index contributed by atoms with van der Waals surface area (Å²) in [6.07, 6.45) is 1.72. The van der Waals surface area contributed by atoms with E-state index in [-0.39, 0.29) is 22.6 Å². The third-order valence-corrected chi connectivity index (χ3v) is 6.42. The zero-order valence-electron chi connectivity index (χ0n) is 14.1. The zero-order chi connectivity index (χ0) is 18.6. The lowest BCUT2D eigenvalue weighted by atomic mass is 9.95. The predicted molar refractivity (Wildman–Crippen MR) is 95.8 cm³/mol.